The molecule has 0 spiro atoms. The molecule has 0 fully saturated rings. The number of phenolic OH excluding ortho intramolecular Hbond substituents is 1. The number of aryl methyl sites for hydroxylation is 1. The van der Waals surface area contributed by atoms with E-state index in [2.05, 4.69) is 17.2 Å². The molecule has 0 aliphatic heterocycles. The first-order valence-corrected chi connectivity index (χ1v) is 9.96. The van der Waals surface area contributed by atoms with Crippen molar-refractivity contribution in [3.05, 3.63) is 91.5 Å². The summed E-state index contributed by atoms with van der Waals surface area (Å²) < 4.78 is 15.6. The van der Waals surface area contributed by atoms with E-state index < -0.39 is 23.0 Å². The van der Waals surface area contributed by atoms with Crippen LogP contribution >= 0.6 is 11.6 Å². The highest BCUT2D eigenvalue weighted by Crippen LogP contribution is 2.16. The molecule has 1 heterocycles. The van der Waals surface area contributed by atoms with Crippen LogP contribution in [0.3, 0.4) is 0 Å². The first-order chi connectivity index (χ1) is 15.3. The van der Waals surface area contributed by atoms with Gasteiger partial charge in [-0.3, -0.25) is 18.7 Å². The minimum absolute atomic E-state index is 0.0505. The average molecular weight is 456 g/mol. The highest BCUT2D eigenvalue weighted by atomic mass is 35.5. The second-order valence-electron chi connectivity index (χ2n) is 6.89. The number of benzene rings is 2. The highest BCUT2D eigenvalue weighted by Gasteiger charge is 2.18. The Labute approximate surface area is 187 Å². The van der Waals surface area contributed by atoms with E-state index in [1.54, 1.807) is 30.3 Å². The molecule has 0 saturated carbocycles. The molecule has 0 bridgehead atoms. The lowest BCUT2D eigenvalue weighted by molar-refractivity contribution is -0.116. The van der Waals surface area contributed by atoms with Crippen LogP contribution in [-0.2, 0) is 24.8 Å². The van der Waals surface area contributed by atoms with Gasteiger partial charge in [0.05, 0.1) is 6.54 Å². The Morgan fingerprint density at radius 3 is 2.66 bits per heavy atom. The second kappa shape index (κ2) is 9.98. The topological polar surface area (TPSA) is 93.3 Å². The third kappa shape index (κ3) is 5.25. The van der Waals surface area contributed by atoms with Gasteiger partial charge >= 0.3 is 5.69 Å². The van der Waals surface area contributed by atoms with Crippen LogP contribution in [0.2, 0.25) is 5.15 Å². The number of carbonyl (C=O) groups is 1. The molecule has 0 saturated heterocycles. The molecule has 9 heteroatoms. The van der Waals surface area contributed by atoms with E-state index in [1.807, 2.05) is 0 Å². The van der Waals surface area contributed by atoms with E-state index in [-0.39, 0.29) is 36.0 Å². The summed E-state index contributed by atoms with van der Waals surface area (Å²) >= 11 is 6.25. The fraction of sp³-hybridized carbons (Fsp3) is 0.174. The molecule has 2 N–H and O–H groups in total. The monoisotopic (exact) mass is 455 g/mol. The van der Waals surface area contributed by atoms with Crippen LogP contribution in [0, 0.1) is 17.7 Å². The maximum atomic E-state index is 13.7. The minimum atomic E-state index is -0.767. The Balaban J connectivity index is 1.82. The van der Waals surface area contributed by atoms with Crippen LogP contribution in [0.4, 0.5) is 10.1 Å². The van der Waals surface area contributed by atoms with E-state index in [0.29, 0.717) is 11.1 Å². The van der Waals surface area contributed by atoms with Crippen LogP contribution < -0.4 is 16.6 Å². The van der Waals surface area contributed by atoms with Crippen LogP contribution in [0.5, 0.6) is 5.75 Å². The molecule has 164 valence electrons. The van der Waals surface area contributed by atoms with E-state index in [9.17, 15) is 23.9 Å². The number of nitrogens with zero attached hydrogens (tertiary/aromatic N) is 2. The zero-order valence-corrected chi connectivity index (χ0v) is 17.8. The van der Waals surface area contributed by atoms with Crippen molar-refractivity contribution in [2.75, 3.05) is 5.32 Å². The van der Waals surface area contributed by atoms with Crippen LogP contribution in [0.1, 0.15) is 17.5 Å². The summed E-state index contributed by atoms with van der Waals surface area (Å²) in [6.07, 6.45) is 0.0440. The third-order valence-electron chi connectivity index (χ3n) is 4.64. The van der Waals surface area contributed by atoms with Gasteiger partial charge in [-0.2, -0.15) is 0 Å². The largest absolute Gasteiger partial charge is 0.508 e. The zero-order chi connectivity index (χ0) is 23.3. The van der Waals surface area contributed by atoms with Crippen molar-refractivity contribution >= 4 is 23.2 Å². The first-order valence-electron chi connectivity index (χ1n) is 9.58. The second-order valence-corrected chi connectivity index (χ2v) is 7.25. The van der Waals surface area contributed by atoms with Crippen molar-refractivity contribution in [3.63, 3.8) is 0 Å². The predicted octanol–water partition coefficient (Wildman–Crippen LogP) is 2.67. The van der Waals surface area contributed by atoms with Gasteiger partial charge in [0.1, 0.15) is 22.4 Å². The first kappa shape index (κ1) is 22.8. The molecular weight excluding hydrogens is 437 g/mol. The molecule has 1 aromatic heterocycles. The average Bonchev–Trinajstić information content (AvgIpc) is 2.77. The summed E-state index contributed by atoms with van der Waals surface area (Å²) in [5.41, 5.74) is -0.827. The fourth-order valence-corrected chi connectivity index (χ4v) is 3.20. The summed E-state index contributed by atoms with van der Waals surface area (Å²) in [5, 5.41) is 11.7. The van der Waals surface area contributed by atoms with Gasteiger partial charge < -0.3 is 10.4 Å². The summed E-state index contributed by atoms with van der Waals surface area (Å²) in [6, 6.07) is 12.3. The van der Waals surface area contributed by atoms with Crippen LogP contribution in [0.25, 0.3) is 0 Å². The van der Waals surface area contributed by atoms with Crippen molar-refractivity contribution < 1.29 is 14.3 Å². The summed E-state index contributed by atoms with van der Waals surface area (Å²) in [6.45, 7) is -0.153. The number of hydrogen-bond donors (Lipinski definition) is 2. The highest BCUT2D eigenvalue weighted by molar-refractivity contribution is 6.32. The predicted molar refractivity (Wildman–Crippen MR) is 119 cm³/mol. The van der Waals surface area contributed by atoms with Gasteiger partial charge in [-0.05, 0) is 36.2 Å². The number of aromatic nitrogens is 2. The van der Waals surface area contributed by atoms with Gasteiger partial charge in [-0.15, -0.1) is 0 Å². The van der Waals surface area contributed by atoms with Crippen molar-refractivity contribution in [2.45, 2.75) is 19.4 Å². The quantitative estimate of drug-likeness (QED) is 0.457. The molecule has 0 aliphatic carbocycles. The van der Waals surface area contributed by atoms with Gasteiger partial charge in [0.2, 0.25) is 5.91 Å². The minimum Gasteiger partial charge on any atom is -0.508 e. The third-order valence-corrected chi connectivity index (χ3v) is 5.03. The van der Waals surface area contributed by atoms with Gasteiger partial charge in [-0.25, -0.2) is 9.18 Å². The van der Waals surface area contributed by atoms with Gasteiger partial charge in [0, 0.05) is 19.0 Å². The molecule has 0 unspecified atom stereocenters. The zero-order valence-electron chi connectivity index (χ0n) is 17.1. The number of hydrogen-bond acceptors (Lipinski definition) is 4. The fourth-order valence-electron chi connectivity index (χ4n) is 2.94. The van der Waals surface area contributed by atoms with Crippen molar-refractivity contribution in [1.29, 1.82) is 0 Å². The van der Waals surface area contributed by atoms with E-state index in [0.717, 1.165) is 9.13 Å². The Morgan fingerprint density at radius 1 is 1.19 bits per heavy atom. The van der Waals surface area contributed by atoms with Crippen molar-refractivity contribution in [3.8, 4) is 17.6 Å². The Kier molecular flexibility index (Phi) is 7.13. The standard InChI is InChI=1S/C23H19ClFN3O4/c1-27-22(31)20(26-19(30)12-11-16-8-2-3-10-18(16)25)21(24)28(23(27)32)13-5-7-15-6-4-9-17(29)14-15/h2-4,6,8-10,14,29H,11-13H2,1H3,(H,26,30). The lowest BCUT2D eigenvalue weighted by atomic mass is 10.1. The van der Waals surface area contributed by atoms with E-state index >= 15 is 0 Å². The number of phenols is 1. The lowest BCUT2D eigenvalue weighted by Crippen LogP contribution is -2.40. The number of halogens is 2. The van der Waals surface area contributed by atoms with Crippen LogP contribution in [-0.4, -0.2) is 20.1 Å². The molecule has 0 aliphatic rings. The van der Waals surface area contributed by atoms with Gasteiger partial charge in [0.25, 0.3) is 5.56 Å². The molecule has 3 rings (SSSR count). The Morgan fingerprint density at radius 2 is 1.94 bits per heavy atom. The van der Waals surface area contributed by atoms with Gasteiger partial charge in [-0.1, -0.05) is 47.7 Å². The maximum Gasteiger partial charge on any atom is 0.332 e. The number of nitrogens with one attached hydrogen (secondary N) is 1. The number of carbonyl (C=O) groups excluding carboxylic acids is 1. The molecule has 3 aromatic rings. The summed E-state index contributed by atoms with van der Waals surface area (Å²) in [4.78, 5) is 37.3. The lowest BCUT2D eigenvalue weighted by Gasteiger charge is -2.13. The smallest absolute Gasteiger partial charge is 0.332 e. The van der Waals surface area contributed by atoms with Crippen molar-refractivity contribution in [2.24, 2.45) is 7.05 Å². The molecule has 1 amide bonds. The molecular formula is C23H19ClFN3O4. The molecule has 0 atom stereocenters. The molecule has 32 heavy (non-hydrogen) atoms. The molecule has 7 nitrogen and oxygen atoms in total. The summed E-state index contributed by atoms with van der Waals surface area (Å²) in [7, 11) is 1.26. The normalized spacial score (nSPS) is 10.3. The Hall–Kier alpha value is -3.83. The number of amides is 1. The number of anilines is 1. The van der Waals surface area contributed by atoms with Crippen molar-refractivity contribution in [1.82, 2.24) is 9.13 Å². The van der Waals surface area contributed by atoms with E-state index in [4.69, 9.17) is 11.6 Å². The number of aromatic hydroxyl groups is 1. The Bertz CT molecular complexity index is 1350. The van der Waals surface area contributed by atoms with E-state index in [1.165, 1.54) is 25.2 Å². The molecule has 2 aromatic carbocycles. The summed E-state index contributed by atoms with van der Waals surface area (Å²) in [5.74, 6) is 4.62. The SMILES string of the molecule is Cn1c(=O)c(NC(=O)CCc2ccccc2F)c(Cl)n(CC#Cc2cccc(O)c2)c1=O. The van der Waals surface area contributed by atoms with Gasteiger partial charge in [0.15, 0.2) is 0 Å². The maximum absolute atomic E-state index is 13.7. The molecule has 0 radical (unpaired) electrons. The van der Waals surface area contributed by atoms with Crippen LogP contribution in [0.15, 0.2) is 58.1 Å². The number of rotatable bonds is 5.